The molecule has 0 bridgehead atoms. The van der Waals surface area contributed by atoms with Crippen LogP contribution < -0.4 is 5.32 Å². The highest BCUT2D eigenvalue weighted by atomic mass is 16.4. The molecule has 0 spiro atoms. The van der Waals surface area contributed by atoms with E-state index in [-0.39, 0.29) is 0 Å². The smallest absolute Gasteiger partial charge is 0.288 e. The molecular weight excluding hydrogens is 130 g/mol. The Morgan fingerprint density at radius 3 is 2.30 bits per heavy atom. The van der Waals surface area contributed by atoms with Gasteiger partial charge in [0.05, 0.1) is 0 Å². The summed E-state index contributed by atoms with van der Waals surface area (Å²) in [5.41, 5.74) is 0.530. The van der Waals surface area contributed by atoms with Crippen LogP contribution in [0.2, 0.25) is 0 Å². The summed E-state index contributed by atoms with van der Waals surface area (Å²) >= 11 is 0. The lowest BCUT2D eigenvalue weighted by atomic mass is 10.3. The van der Waals surface area contributed by atoms with Crippen molar-refractivity contribution in [2.45, 2.75) is 0 Å². The number of carbonyl (C=O) groups excluding carboxylic acids is 1. The highest BCUT2D eigenvalue weighted by Crippen LogP contribution is 2.03. The molecule has 0 aliphatic rings. The van der Waals surface area contributed by atoms with Gasteiger partial charge in [-0.15, -0.1) is 0 Å². The van der Waals surface area contributed by atoms with Gasteiger partial charge < -0.3 is 0 Å². The predicted octanol–water partition coefficient (Wildman–Crippen LogP) is 1.65. The van der Waals surface area contributed by atoms with E-state index in [1.807, 2.05) is 0 Å². The minimum atomic E-state index is -1.29. The molecule has 0 heterocycles. The van der Waals surface area contributed by atoms with Crippen molar-refractivity contribution in [1.29, 1.82) is 0 Å². The van der Waals surface area contributed by atoms with E-state index in [4.69, 9.17) is 0 Å². The molecule has 1 rings (SSSR count). The van der Waals surface area contributed by atoms with Crippen LogP contribution in [0, 0.1) is 0 Å². The molecule has 0 aromatic heterocycles. The molecule has 0 saturated carbocycles. The number of carbonyl (C=O) groups is 1. The van der Waals surface area contributed by atoms with E-state index in [1.54, 1.807) is 30.3 Å². The lowest BCUT2D eigenvalue weighted by Gasteiger charge is -1.94. The normalized spacial score (nSPS) is 8.80. The minimum Gasteiger partial charge on any atom is -0.288 e. The second kappa shape index (κ2) is 2.87. The maximum atomic E-state index is 9.95. The third kappa shape index (κ3) is 1.78. The number of nitrogens with one attached hydrogen (secondary N) is 1. The van der Waals surface area contributed by atoms with Crippen LogP contribution in [0.5, 0.6) is 0 Å². The number of hydrogen-bond acceptors (Lipinski definition) is 1. The SMILES string of the molecule is [O]C(=O)Nc1ccccc1. The van der Waals surface area contributed by atoms with Crippen LogP contribution in [0.25, 0.3) is 0 Å². The van der Waals surface area contributed by atoms with Crippen molar-refractivity contribution in [1.82, 2.24) is 0 Å². The Morgan fingerprint density at radius 1 is 1.20 bits per heavy atom. The van der Waals surface area contributed by atoms with E-state index in [9.17, 15) is 9.90 Å². The minimum absolute atomic E-state index is 0.530. The molecule has 3 nitrogen and oxygen atoms in total. The summed E-state index contributed by atoms with van der Waals surface area (Å²) in [4.78, 5) is 9.95. The van der Waals surface area contributed by atoms with Crippen LogP contribution in [-0.4, -0.2) is 6.09 Å². The van der Waals surface area contributed by atoms with Crippen LogP contribution in [0.1, 0.15) is 0 Å². The molecule has 0 fully saturated rings. The molecule has 3 heteroatoms. The largest absolute Gasteiger partial charge is 0.454 e. The Kier molecular flexibility index (Phi) is 1.89. The van der Waals surface area contributed by atoms with Gasteiger partial charge in [0, 0.05) is 5.69 Å². The number of hydrogen-bond donors (Lipinski definition) is 1. The van der Waals surface area contributed by atoms with E-state index < -0.39 is 6.09 Å². The Morgan fingerprint density at radius 2 is 1.80 bits per heavy atom. The van der Waals surface area contributed by atoms with Crippen molar-refractivity contribution in [2.24, 2.45) is 0 Å². The molecular formula is C7H6NO2. The van der Waals surface area contributed by atoms with E-state index in [0.717, 1.165) is 0 Å². The zero-order chi connectivity index (χ0) is 7.40. The van der Waals surface area contributed by atoms with Crippen LogP contribution in [0.15, 0.2) is 30.3 Å². The van der Waals surface area contributed by atoms with Crippen molar-refractivity contribution in [3.05, 3.63) is 30.3 Å². The Labute approximate surface area is 58.3 Å². The van der Waals surface area contributed by atoms with E-state index >= 15 is 0 Å². The molecule has 51 valence electrons. The van der Waals surface area contributed by atoms with Crippen molar-refractivity contribution < 1.29 is 9.90 Å². The summed E-state index contributed by atoms with van der Waals surface area (Å²) in [6.45, 7) is 0. The molecule has 1 aromatic carbocycles. The summed E-state index contributed by atoms with van der Waals surface area (Å²) in [7, 11) is 0. The first-order valence-corrected chi connectivity index (χ1v) is 2.82. The van der Waals surface area contributed by atoms with Gasteiger partial charge in [0.15, 0.2) is 0 Å². The van der Waals surface area contributed by atoms with E-state index in [0.29, 0.717) is 5.69 Å². The average Bonchev–Trinajstić information content (AvgIpc) is 1.88. The fraction of sp³-hybridized carbons (Fsp3) is 0. The van der Waals surface area contributed by atoms with E-state index in [1.165, 1.54) is 0 Å². The van der Waals surface area contributed by atoms with Crippen LogP contribution >= 0.6 is 0 Å². The van der Waals surface area contributed by atoms with Crippen LogP contribution in [-0.2, 0) is 5.11 Å². The third-order valence-corrected chi connectivity index (χ3v) is 1.02. The van der Waals surface area contributed by atoms with Gasteiger partial charge in [-0.3, -0.25) is 5.32 Å². The quantitative estimate of drug-likeness (QED) is 0.626. The first kappa shape index (κ1) is 6.61. The summed E-state index contributed by atoms with van der Waals surface area (Å²) in [5, 5.41) is 12.1. The first-order valence-electron chi connectivity index (χ1n) is 2.82. The van der Waals surface area contributed by atoms with Gasteiger partial charge in [-0.1, -0.05) is 18.2 Å². The van der Waals surface area contributed by atoms with Crippen molar-refractivity contribution in [2.75, 3.05) is 5.32 Å². The van der Waals surface area contributed by atoms with Crippen LogP contribution in [0.3, 0.4) is 0 Å². The third-order valence-electron chi connectivity index (χ3n) is 1.02. The first-order chi connectivity index (χ1) is 4.79. The Balaban J connectivity index is 2.67. The zero-order valence-corrected chi connectivity index (χ0v) is 5.20. The van der Waals surface area contributed by atoms with Gasteiger partial charge >= 0.3 is 6.09 Å². The lowest BCUT2D eigenvalue weighted by molar-refractivity contribution is 0.185. The molecule has 1 N–H and O–H groups in total. The monoisotopic (exact) mass is 136 g/mol. The molecule has 1 amide bonds. The van der Waals surface area contributed by atoms with Crippen molar-refractivity contribution >= 4 is 11.8 Å². The summed E-state index contributed by atoms with van der Waals surface area (Å²) < 4.78 is 0. The van der Waals surface area contributed by atoms with Crippen molar-refractivity contribution in [3.8, 4) is 0 Å². The Bertz CT molecular complexity index is 220. The summed E-state index contributed by atoms with van der Waals surface area (Å²) in [6, 6.07) is 8.59. The number of anilines is 1. The topological polar surface area (TPSA) is 49.0 Å². The fourth-order valence-corrected chi connectivity index (χ4v) is 0.639. The number of benzene rings is 1. The van der Waals surface area contributed by atoms with Crippen molar-refractivity contribution in [3.63, 3.8) is 0 Å². The molecule has 1 radical (unpaired) electrons. The maximum Gasteiger partial charge on any atom is 0.454 e. The van der Waals surface area contributed by atoms with Gasteiger partial charge in [0.1, 0.15) is 0 Å². The number of amides is 1. The highest BCUT2D eigenvalue weighted by Gasteiger charge is 1.95. The lowest BCUT2D eigenvalue weighted by Crippen LogP contribution is -2.04. The molecule has 0 atom stereocenters. The number of rotatable bonds is 1. The highest BCUT2D eigenvalue weighted by molar-refractivity contribution is 5.82. The van der Waals surface area contributed by atoms with Gasteiger partial charge in [0.2, 0.25) is 0 Å². The van der Waals surface area contributed by atoms with Gasteiger partial charge in [0.25, 0.3) is 0 Å². The van der Waals surface area contributed by atoms with Gasteiger partial charge in [-0.25, -0.2) is 9.90 Å². The zero-order valence-electron chi connectivity index (χ0n) is 5.20. The predicted molar refractivity (Wildman–Crippen MR) is 36.1 cm³/mol. The molecule has 0 unspecified atom stereocenters. The fourth-order valence-electron chi connectivity index (χ4n) is 0.639. The summed E-state index contributed by atoms with van der Waals surface area (Å²) in [5.74, 6) is 0. The van der Waals surface area contributed by atoms with Gasteiger partial charge in [-0.2, -0.15) is 0 Å². The average molecular weight is 136 g/mol. The second-order valence-electron chi connectivity index (χ2n) is 1.78. The maximum absolute atomic E-state index is 9.95. The van der Waals surface area contributed by atoms with Gasteiger partial charge in [-0.05, 0) is 12.1 Å². The summed E-state index contributed by atoms with van der Waals surface area (Å²) in [6.07, 6.45) is -1.29. The number of para-hydroxylation sites is 1. The molecule has 0 aliphatic carbocycles. The molecule has 0 saturated heterocycles. The molecule has 10 heavy (non-hydrogen) atoms. The van der Waals surface area contributed by atoms with Crippen LogP contribution in [0.4, 0.5) is 10.5 Å². The standard InChI is InChI=1S/C7H6NO2/c9-7(10)8-6-4-2-1-3-5-6/h1-5,8H. The second-order valence-corrected chi connectivity index (χ2v) is 1.78. The Hall–Kier alpha value is -1.51. The van der Waals surface area contributed by atoms with E-state index in [2.05, 4.69) is 5.32 Å². The molecule has 0 aliphatic heterocycles. The molecule has 1 aromatic rings.